The first-order valence-corrected chi connectivity index (χ1v) is 20.4. The van der Waals surface area contributed by atoms with Crippen LogP contribution >= 0.6 is 0 Å². The van der Waals surface area contributed by atoms with E-state index in [1.807, 2.05) is 0 Å². The standard InChI is InChI=1S/C56H36N4/c1-2-18-39(19-3-1)54-48-28-8-9-31-51(48)60-53-33-11-10-32-52(53)59(56(54)60)43-25-13-23-41(35-43)40-22-12-24-42(34-40)49-36-50(46-29-14-20-37-16-4-6-26-44(37)46)58-55(57-49)47-30-15-21-38-17-5-7-27-45(38)47/h1-36H. The lowest BCUT2D eigenvalue weighted by atomic mass is 9.98. The van der Waals surface area contributed by atoms with Gasteiger partial charge in [-0.3, -0.25) is 8.97 Å². The van der Waals surface area contributed by atoms with Gasteiger partial charge < -0.3 is 0 Å². The van der Waals surface area contributed by atoms with E-state index < -0.39 is 0 Å². The predicted octanol–water partition coefficient (Wildman–Crippen LogP) is 14.5. The Labute approximate surface area is 346 Å². The Morgan fingerprint density at radius 2 is 0.867 bits per heavy atom. The second-order valence-electron chi connectivity index (χ2n) is 15.4. The molecule has 0 atom stereocenters. The van der Waals surface area contributed by atoms with Crippen molar-refractivity contribution in [3.63, 3.8) is 0 Å². The Hall–Kier alpha value is -8.08. The SMILES string of the molecule is c1ccc(-c2c3ccccc3n3c4ccccc4n(-c4cccc(-c5cccc(-c6cc(-c7cccc8ccccc78)nc(-c7cccc8ccccc78)n6)c5)c4)c23)cc1. The van der Waals surface area contributed by atoms with Crippen LogP contribution in [0.1, 0.15) is 0 Å². The van der Waals surface area contributed by atoms with Crippen LogP contribution in [0.5, 0.6) is 0 Å². The largest absolute Gasteiger partial charge is 0.293 e. The van der Waals surface area contributed by atoms with Crippen molar-refractivity contribution in [2.24, 2.45) is 0 Å². The van der Waals surface area contributed by atoms with Gasteiger partial charge in [0.15, 0.2) is 5.82 Å². The van der Waals surface area contributed by atoms with Crippen LogP contribution in [0.15, 0.2) is 218 Å². The lowest BCUT2D eigenvalue weighted by Crippen LogP contribution is -1.97. The quantitative estimate of drug-likeness (QED) is 0.169. The highest BCUT2D eigenvalue weighted by Gasteiger charge is 2.22. The Morgan fingerprint density at radius 3 is 1.65 bits per heavy atom. The molecule has 0 unspecified atom stereocenters. The Balaban J connectivity index is 1.04. The molecule has 4 nitrogen and oxygen atoms in total. The summed E-state index contributed by atoms with van der Waals surface area (Å²) in [4.78, 5) is 10.6. The minimum atomic E-state index is 0.706. The van der Waals surface area contributed by atoms with Gasteiger partial charge in [0.2, 0.25) is 0 Å². The number of nitrogens with zero attached hydrogens (tertiary/aromatic N) is 4. The summed E-state index contributed by atoms with van der Waals surface area (Å²) in [5, 5.41) is 5.87. The maximum absolute atomic E-state index is 5.33. The van der Waals surface area contributed by atoms with E-state index in [1.165, 1.54) is 32.9 Å². The molecule has 12 rings (SSSR count). The van der Waals surface area contributed by atoms with Gasteiger partial charge in [0, 0.05) is 33.3 Å². The molecule has 0 N–H and O–H groups in total. The van der Waals surface area contributed by atoms with Crippen LogP contribution in [0.4, 0.5) is 0 Å². The number of benzene rings is 9. The summed E-state index contributed by atoms with van der Waals surface area (Å²) < 4.78 is 4.86. The van der Waals surface area contributed by atoms with E-state index in [1.54, 1.807) is 0 Å². The van der Waals surface area contributed by atoms with Crippen molar-refractivity contribution in [1.82, 2.24) is 18.9 Å². The Bertz CT molecular complexity index is 3500. The van der Waals surface area contributed by atoms with E-state index in [9.17, 15) is 0 Å². The topological polar surface area (TPSA) is 35.1 Å². The molecule has 0 saturated heterocycles. The fraction of sp³-hybridized carbons (Fsp3) is 0. The zero-order valence-electron chi connectivity index (χ0n) is 32.6. The van der Waals surface area contributed by atoms with Crippen molar-refractivity contribution in [1.29, 1.82) is 0 Å². The number of rotatable bonds is 6. The minimum Gasteiger partial charge on any atom is -0.293 e. The van der Waals surface area contributed by atoms with Gasteiger partial charge in [-0.1, -0.05) is 176 Å². The fourth-order valence-corrected chi connectivity index (χ4v) is 9.19. The second-order valence-corrected chi connectivity index (χ2v) is 15.4. The monoisotopic (exact) mass is 764 g/mol. The summed E-state index contributed by atoms with van der Waals surface area (Å²) in [6, 6.07) is 77.9. The molecule has 3 heterocycles. The lowest BCUT2D eigenvalue weighted by Gasteiger charge is -2.14. The molecule has 0 radical (unpaired) electrons. The molecule has 0 saturated carbocycles. The molecule has 3 aromatic heterocycles. The van der Waals surface area contributed by atoms with Crippen LogP contribution in [-0.2, 0) is 0 Å². The number of para-hydroxylation sites is 3. The number of hydrogen-bond donors (Lipinski definition) is 0. The van der Waals surface area contributed by atoms with Gasteiger partial charge in [-0.2, -0.15) is 0 Å². The summed E-state index contributed by atoms with van der Waals surface area (Å²) in [5.74, 6) is 0.706. The average Bonchev–Trinajstić information content (AvgIpc) is 3.84. The van der Waals surface area contributed by atoms with Crippen LogP contribution in [0, 0.1) is 0 Å². The van der Waals surface area contributed by atoms with Crippen molar-refractivity contribution in [2.75, 3.05) is 0 Å². The van der Waals surface area contributed by atoms with Crippen molar-refractivity contribution in [3.8, 4) is 61.8 Å². The van der Waals surface area contributed by atoms with Gasteiger partial charge >= 0.3 is 0 Å². The zero-order valence-corrected chi connectivity index (χ0v) is 32.6. The maximum atomic E-state index is 5.33. The molecule has 0 fully saturated rings. The average molecular weight is 765 g/mol. The van der Waals surface area contributed by atoms with Crippen LogP contribution in [0.25, 0.3) is 111 Å². The summed E-state index contributed by atoms with van der Waals surface area (Å²) >= 11 is 0. The van der Waals surface area contributed by atoms with E-state index in [0.717, 1.165) is 72.2 Å². The van der Waals surface area contributed by atoms with E-state index >= 15 is 0 Å². The molecule has 0 bridgehead atoms. The number of fused-ring (bicyclic) bond motifs is 7. The first-order chi connectivity index (χ1) is 29.8. The van der Waals surface area contributed by atoms with Crippen molar-refractivity contribution in [2.45, 2.75) is 0 Å². The van der Waals surface area contributed by atoms with Crippen molar-refractivity contribution >= 4 is 49.1 Å². The summed E-state index contributed by atoms with van der Waals surface area (Å²) in [6.07, 6.45) is 0. The predicted molar refractivity (Wildman–Crippen MR) is 250 cm³/mol. The van der Waals surface area contributed by atoms with E-state index in [4.69, 9.17) is 9.97 Å². The molecule has 280 valence electrons. The molecular formula is C56H36N4. The fourth-order valence-electron chi connectivity index (χ4n) is 9.19. The number of imidazole rings is 1. The van der Waals surface area contributed by atoms with E-state index in [2.05, 4.69) is 227 Å². The summed E-state index contributed by atoms with van der Waals surface area (Å²) in [7, 11) is 0. The third-order valence-corrected chi connectivity index (χ3v) is 11.9. The molecule has 9 aromatic carbocycles. The summed E-state index contributed by atoms with van der Waals surface area (Å²) in [6.45, 7) is 0. The molecule has 4 heteroatoms. The molecule has 0 aliphatic heterocycles. The lowest BCUT2D eigenvalue weighted by molar-refractivity contribution is 1.15. The van der Waals surface area contributed by atoms with Crippen LogP contribution in [0.3, 0.4) is 0 Å². The Kier molecular flexibility index (Phi) is 7.82. The van der Waals surface area contributed by atoms with Gasteiger partial charge in [-0.05, 0) is 80.7 Å². The zero-order chi connectivity index (χ0) is 39.6. The normalized spacial score (nSPS) is 11.7. The van der Waals surface area contributed by atoms with Gasteiger partial charge in [0.1, 0.15) is 5.65 Å². The molecule has 0 spiro atoms. The van der Waals surface area contributed by atoms with Crippen molar-refractivity contribution < 1.29 is 0 Å². The van der Waals surface area contributed by atoms with Crippen molar-refractivity contribution in [3.05, 3.63) is 218 Å². The first-order valence-electron chi connectivity index (χ1n) is 20.4. The van der Waals surface area contributed by atoms with Gasteiger partial charge in [0.25, 0.3) is 0 Å². The highest BCUT2D eigenvalue weighted by molar-refractivity contribution is 6.09. The minimum absolute atomic E-state index is 0.706. The third-order valence-electron chi connectivity index (χ3n) is 11.9. The van der Waals surface area contributed by atoms with Crippen LogP contribution in [-0.4, -0.2) is 18.9 Å². The van der Waals surface area contributed by atoms with E-state index in [-0.39, 0.29) is 0 Å². The smallest absolute Gasteiger partial charge is 0.161 e. The molecule has 12 aromatic rings. The summed E-state index contributed by atoms with van der Waals surface area (Å²) in [5.41, 5.74) is 15.3. The second kappa shape index (κ2) is 13.8. The number of hydrogen-bond acceptors (Lipinski definition) is 2. The van der Waals surface area contributed by atoms with Gasteiger partial charge in [-0.25, -0.2) is 9.97 Å². The highest BCUT2D eigenvalue weighted by Crippen LogP contribution is 2.41. The van der Waals surface area contributed by atoms with Gasteiger partial charge in [0.05, 0.1) is 27.9 Å². The van der Waals surface area contributed by atoms with E-state index in [0.29, 0.717) is 5.82 Å². The molecule has 0 aliphatic rings. The third kappa shape index (κ3) is 5.46. The van der Waals surface area contributed by atoms with Gasteiger partial charge in [-0.15, -0.1) is 0 Å². The maximum Gasteiger partial charge on any atom is 0.161 e. The molecule has 0 aliphatic carbocycles. The first kappa shape index (κ1) is 34.0. The Morgan fingerprint density at radius 1 is 0.333 bits per heavy atom. The number of aromatic nitrogens is 4. The highest BCUT2D eigenvalue weighted by atomic mass is 15.1. The molecule has 60 heavy (non-hydrogen) atoms. The molecular weight excluding hydrogens is 729 g/mol. The molecule has 0 amide bonds. The van der Waals surface area contributed by atoms with Crippen LogP contribution < -0.4 is 0 Å². The van der Waals surface area contributed by atoms with Crippen LogP contribution in [0.2, 0.25) is 0 Å².